The molecule has 1 unspecified atom stereocenters. The van der Waals surface area contributed by atoms with Crippen LogP contribution < -0.4 is 5.19 Å². The molecule has 0 bridgehead atoms. The van der Waals surface area contributed by atoms with Gasteiger partial charge in [-0.15, -0.1) is 13.2 Å². The minimum Gasteiger partial charge on any atom is -0.285 e. The molecule has 1 atom stereocenters. The van der Waals surface area contributed by atoms with Gasteiger partial charge in [0.15, 0.2) is 0 Å². The van der Waals surface area contributed by atoms with Gasteiger partial charge >= 0.3 is 0 Å². The highest BCUT2D eigenvalue weighted by Gasteiger charge is 2.70. The summed E-state index contributed by atoms with van der Waals surface area (Å²) >= 11 is 0. The Balaban J connectivity index is 5.26. The lowest BCUT2D eigenvalue weighted by atomic mass is 10.0. The molecule has 0 aromatic heterocycles. The largest absolute Gasteiger partial charge is 0.294 e. The van der Waals surface area contributed by atoms with Crippen LogP contribution >= 0.6 is 0 Å². The smallest absolute Gasteiger partial charge is 0.285 e. The summed E-state index contributed by atoms with van der Waals surface area (Å²) in [5, 5.41) is -0.112. The molecule has 0 amide bonds. The van der Waals surface area contributed by atoms with Crippen molar-refractivity contribution in [1.82, 2.24) is 0 Å². The third-order valence-electron chi connectivity index (χ3n) is 10.7. The van der Waals surface area contributed by atoms with Crippen molar-refractivity contribution in [2.45, 2.75) is 151 Å². The Kier molecular flexibility index (Phi) is 12.8. The van der Waals surface area contributed by atoms with Crippen LogP contribution in [0.2, 0.25) is 32.7 Å². The van der Waals surface area contributed by atoms with Gasteiger partial charge in [-0.25, -0.2) is 0 Å². The van der Waals surface area contributed by atoms with Gasteiger partial charge in [-0.05, 0) is 55.5 Å². The van der Waals surface area contributed by atoms with Gasteiger partial charge in [-0.1, -0.05) is 127 Å². The third kappa shape index (κ3) is 6.10. The molecule has 1 aromatic carbocycles. The second-order valence-corrected chi connectivity index (χ2v) is 29.9. The average molecular weight is 673 g/mol. The molecule has 0 aliphatic heterocycles. The van der Waals surface area contributed by atoms with Crippen LogP contribution in [0.4, 0.5) is 0 Å². The van der Waals surface area contributed by atoms with Gasteiger partial charge in [0.1, 0.15) is 12.4 Å². The summed E-state index contributed by atoms with van der Waals surface area (Å²) < 4.78 is 77.0. The Morgan fingerprint density at radius 3 is 1.53 bits per heavy atom. The first-order chi connectivity index (χ1) is 19.4. The Labute approximate surface area is 266 Å². The molecule has 2 N–H and O–H groups in total. The van der Waals surface area contributed by atoms with Crippen LogP contribution in [0, 0.1) is 0 Å². The van der Waals surface area contributed by atoms with Gasteiger partial charge in [0.25, 0.3) is 20.2 Å². The molecule has 1 rings (SSSR count). The summed E-state index contributed by atoms with van der Waals surface area (Å²) in [5.41, 5.74) is 0.241. The molecular weight excluding hydrogens is 613 g/mol. The zero-order chi connectivity index (χ0) is 34.1. The summed E-state index contributed by atoms with van der Waals surface area (Å²) in [5.74, 6) is 0. The summed E-state index contributed by atoms with van der Waals surface area (Å²) in [6.45, 7) is 34.9. The predicted molar refractivity (Wildman–Crippen MR) is 189 cm³/mol. The second kappa shape index (κ2) is 13.7. The maximum Gasteiger partial charge on any atom is 0.294 e. The van der Waals surface area contributed by atoms with E-state index in [1.54, 1.807) is 18.2 Å². The fourth-order valence-electron chi connectivity index (χ4n) is 10.2. The number of hydrogen-bond donors (Lipinski definition) is 2. The highest BCUT2D eigenvalue weighted by molar-refractivity contribution is 7.89. The highest BCUT2D eigenvalue weighted by atomic mass is 32.2. The van der Waals surface area contributed by atoms with Crippen molar-refractivity contribution >= 4 is 41.6 Å². The maximum atomic E-state index is 14.5. The summed E-state index contributed by atoms with van der Waals surface area (Å²) in [4.78, 5) is -0.216. The fourth-order valence-corrected chi connectivity index (χ4v) is 32.7. The molecule has 248 valence electrons. The predicted octanol–water partition coefficient (Wildman–Crippen LogP) is 9.21. The zero-order valence-electron chi connectivity index (χ0n) is 29.1. The van der Waals surface area contributed by atoms with E-state index in [2.05, 4.69) is 75.5 Å². The van der Waals surface area contributed by atoms with Crippen molar-refractivity contribution in [2.75, 3.05) is 0 Å². The topological polar surface area (TPSA) is 109 Å². The van der Waals surface area contributed by atoms with Crippen LogP contribution in [0.3, 0.4) is 0 Å². The van der Waals surface area contributed by atoms with Gasteiger partial charge in [-0.3, -0.25) is 9.11 Å². The molecule has 0 radical (unpaired) electrons. The van der Waals surface area contributed by atoms with Crippen molar-refractivity contribution in [2.24, 2.45) is 0 Å². The second-order valence-electron chi connectivity index (χ2n) is 14.6. The van der Waals surface area contributed by atoms with Crippen molar-refractivity contribution in [3.8, 4) is 0 Å². The Morgan fingerprint density at radius 2 is 1.26 bits per heavy atom. The lowest BCUT2D eigenvalue weighted by Crippen LogP contribution is -2.71. The SMILES string of the molecule is C=CCc1ccc(C(C=C)([Si](C(C)C)(C(C)C)C(C)(C)CCC)S(=O)(=O)O)c([Si](C(C)C)(C(C)C)C(C)C)c1S(=O)(=O)O. The summed E-state index contributed by atoms with van der Waals surface area (Å²) in [6, 6.07) is 3.35. The van der Waals surface area contributed by atoms with Crippen molar-refractivity contribution in [1.29, 1.82) is 0 Å². The molecule has 0 saturated carbocycles. The van der Waals surface area contributed by atoms with E-state index in [4.69, 9.17) is 0 Å². The van der Waals surface area contributed by atoms with E-state index < -0.39 is 45.8 Å². The first-order valence-electron chi connectivity index (χ1n) is 15.7. The molecule has 43 heavy (non-hydrogen) atoms. The molecule has 0 aliphatic rings. The van der Waals surface area contributed by atoms with Crippen LogP contribution in [-0.4, -0.2) is 42.1 Å². The molecule has 0 heterocycles. The van der Waals surface area contributed by atoms with E-state index in [-0.39, 0.29) is 44.6 Å². The van der Waals surface area contributed by atoms with E-state index >= 15 is 0 Å². The quantitative estimate of drug-likeness (QED) is 0.103. The van der Waals surface area contributed by atoms with Crippen molar-refractivity contribution < 1.29 is 25.9 Å². The molecule has 10 heteroatoms. The number of benzene rings is 1. The maximum absolute atomic E-state index is 14.5. The monoisotopic (exact) mass is 672 g/mol. The number of rotatable bonds is 16. The van der Waals surface area contributed by atoms with E-state index in [9.17, 15) is 25.9 Å². The van der Waals surface area contributed by atoms with E-state index in [1.165, 1.54) is 6.08 Å². The van der Waals surface area contributed by atoms with Crippen LogP contribution in [0.15, 0.2) is 42.3 Å². The average Bonchev–Trinajstić information content (AvgIpc) is 2.80. The molecule has 0 saturated heterocycles. The normalized spacial score (nSPS) is 15.5. The molecular formula is C33H60O6S2Si2. The van der Waals surface area contributed by atoms with Gasteiger partial charge in [0, 0.05) is 0 Å². The van der Waals surface area contributed by atoms with Gasteiger partial charge < -0.3 is 0 Å². The molecule has 1 aromatic rings. The lowest BCUT2D eigenvalue weighted by molar-refractivity contribution is 0.453. The van der Waals surface area contributed by atoms with Gasteiger partial charge in [-0.2, -0.15) is 16.8 Å². The van der Waals surface area contributed by atoms with Crippen molar-refractivity contribution in [3.63, 3.8) is 0 Å². The van der Waals surface area contributed by atoms with Gasteiger partial charge in [0.05, 0.1) is 13.0 Å². The minimum absolute atomic E-state index is 0.0348. The fraction of sp³-hybridized carbons (Fsp3) is 0.697. The zero-order valence-corrected chi connectivity index (χ0v) is 32.7. The Hall–Kier alpha value is -1.05. The highest BCUT2D eigenvalue weighted by Crippen LogP contribution is 2.64. The summed E-state index contributed by atoms with van der Waals surface area (Å²) in [6.07, 6.45) is 4.71. The third-order valence-corrected chi connectivity index (χ3v) is 29.8. The van der Waals surface area contributed by atoms with Crippen molar-refractivity contribution in [3.05, 3.63) is 48.6 Å². The molecule has 0 fully saturated rings. The minimum atomic E-state index is -4.96. The first kappa shape index (κ1) is 40.0. The lowest BCUT2D eigenvalue weighted by Gasteiger charge is -2.60. The first-order valence-corrected chi connectivity index (χ1v) is 23.0. The molecule has 0 spiro atoms. The number of hydrogen-bond acceptors (Lipinski definition) is 4. The van der Waals surface area contributed by atoms with Crippen LogP contribution in [0.25, 0.3) is 0 Å². The standard InChI is InChI=1S/C33H60O6S2Si2/c1-16-19-28-20-21-29(31(30(28)40(34,35)36)42(23(4)5,24(6)7)25(8)9)33(18-3,41(37,38)39)43(26(10)11,27(12)13)32(14,15)22-17-2/h16,18,20-21,23-27H,1,3,17,19,22H2,2,4-15H3,(H,34,35,36)(H,37,38,39). The van der Waals surface area contributed by atoms with Crippen LogP contribution in [0.1, 0.15) is 114 Å². The molecule has 6 nitrogen and oxygen atoms in total. The Bertz CT molecular complexity index is 1350. The number of allylic oxidation sites excluding steroid dienone is 1. The van der Waals surface area contributed by atoms with E-state index in [0.29, 0.717) is 10.8 Å². The van der Waals surface area contributed by atoms with Gasteiger partial charge in [0.2, 0.25) is 0 Å². The van der Waals surface area contributed by atoms with Crippen LogP contribution in [-0.2, 0) is 31.0 Å². The summed E-state index contributed by atoms with van der Waals surface area (Å²) in [7, 11) is -16.3. The van der Waals surface area contributed by atoms with Crippen LogP contribution in [0.5, 0.6) is 0 Å². The molecule has 0 aliphatic carbocycles. The van der Waals surface area contributed by atoms with E-state index in [1.807, 2.05) is 27.7 Å². The van der Waals surface area contributed by atoms with E-state index in [0.717, 1.165) is 12.8 Å². The Morgan fingerprint density at radius 1 is 0.814 bits per heavy atom.